The normalized spacial score (nSPS) is 16.7. The molecular formula is C20H25ClFN5S. The van der Waals surface area contributed by atoms with Gasteiger partial charge in [0.15, 0.2) is 5.11 Å². The molecule has 8 heteroatoms. The van der Waals surface area contributed by atoms with Crippen LogP contribution in [-0.2, 0) is 6.42 Å². The zero-order valence-corrected chi connectivity index (χ0v) is 17.5. The highest BCUT2D eigenvalue weighted by molar-refractivity contribution is 7.80. The van der Waals surface area contributed by atoms with Gasteiger partial charge >= 0.3 is 0 Å². The lowest BCUT2D eigenvalue weighted by molar-refractivity contribution is 0.444. The smallest absolute Gasteiger partial charge is 0.232 e. The molecule has 150 valence electrons. The largest absolute Gasteiger partial charge is 0.362 e. The Morgan fingerprint density at radius 1 is 1.32 bits per heavy atom. The van der Waals surface area contributed by atoms with Crippen LogP contribution in [0.1, 0.15) is 31.7 Å². The molecule has 0 aliphatic carbocycles. The molecule has 0 unspecified atom stereocenters. The number of hydrogen-bond acceptors (Lipinski definition) is 4. The number of benzene rings is 1. The van der Waals surface area contributed by atoms with Crippen molar-refractivity contribution in [2.24, 2.45) is 5.92 Å². The predicted octanol–water partition coefficient (Wildman–Crippen LogP) is 4.42. The van der Waals surface area contributed by atoms with Crippen LogP contribution in [0.3, 0.4) is 0 Å². The number of anilines is 2. The Balaban J connectivity index is 1.48. The van der Waals surface area contributed by atoms with Crippen molar-refractivity contribution in [3.8, 4) is 0 Å². The van der Waals surface area contributed by atoms with Gasteiger partial charge in [0.25, 0.3) is 0 Å². The molecule has 0 radical (unpaired) electrons. The van der Waals surface area contributed by atoms with Crippen LogP contribution >= 0.6 is 23.8 Å². The Morgan fingerprint density at radius 2 is 2.11 bits per heavy atom. The lowest BCUT2D eigenvalue weighted by Crippen LogP contribution is -2.35. The molecule has 3 rings (SSSR count). The standard InChI is InChI=1S/C20H25ClFN5S/c1-14-4-3-11-27(13-14)18-12-17(21)24-19(25-18)26-20(28)23-10-2-5-15-6-8-16(22)9-7-15/h6-9,12,14H,2-5,10-11,13H2,1H3,(H2,23,24,25,26,28)/t14-/m1/s1. The van der Waals surface area contributed by atoms with Crippen molar-refractivity contribution < 1.29 is 4.39 Å². The minimum atomic E-state index is -0.216. The Kier molecular flexibility index (Phi) is 7.39. The monoisotopic (exact) mass is 421 g/mol. The number of piperidine rings is 1. The summed E-state index contributed by atoms with van der Waals surface area (Å²) in [5.41, 5.74) is 1.10. The lowest BCUT2D eigenvalue weighted by Gasteiger charge is -2.32. The number of nitrogens with one attached hydrogen (secondary N) is 2. The second kappa shape index (κ2) is 9.98. The van der Waals surface area contributed by atoms with E-state index in [1.165, 1.54) is 18.6 Å². The molecule has 1 aromatic heterocycles. The first kappa shape index (κ1) is 20.7. The number of thiocarbonyl (C=S) groups is 1. The Bertz CT molecular complexity index is 802. The zero-order chi connectivity index (χ0) is 19.9. The number of hydrogen-bond donors (Lipinski definition) is 2. The number of aromatic nitrogens is 2. The molecule has 0 bridgehead atoms. The number of halogens is 2. The second-order valence-corrected chi connectivity index (χ2v) is 7.97. The Hall–Kier alpha value is -1.99. The third-order valence-electron chi connectivity index (χ3n) is 4.73. The summed E-state index contributed by atoms with van der Waals surface area (Å²) >= 11 is 11.5. The summed E-state index contributed by atoms with van der Waals surface area (Å²) in [5, 5.41) is 7.02. The van der Waals surface area contributed by atoms with Crippen LogP contribution in [0.2, 0.25) is 5.15 Å². The molecule has 1 aromatic carbocycles. The minimum absolute atomic E-state index is 0.216. The summed E-state index contributed by atoms with van der Waals surface area (Å²) in [7, 11) is 0. The van der Waals surface area contributed by atoms with Gasteiger partial charge in [-0.25, -0.2) is 9.37 Å². The molecule has 0 amide bonds. The van der Waals surface area contributed by atoms with Crippen molar-refractivity contribution in [2.75, 3.05) is 29.9 Å². The molecule has 1 saturated heterocycles. The van der Waals surface area contributed by atoms with Gasteiger partial charge in [0.2, 0.25) is 5.95 Å². The maximum absolute atomic E-state index is 12.9. The van der Waals surface area contributed by atoms with Gasteiger partial charge in [0, 0.05) is 25.7 Å². The summed E-state index contributed by atoms with van der Waals surface area (Å²) in [5.74, 6) is 1.65. The van der Waals surface area contributed by atoms with E-state index in [-0.39, 0.29) is 5.82 Å². The first-order valence-corrected chi connectivity index (χ1v) is 10.4. The average molecular weight is 422 g/mol. The average Bonchev–Trinajstić information content (AvgIpc) is 2.66. The molecule has 28 heavy (non-hydrogen) atoms. The van der Waals surface area contributed by atoms with E-state index in [2.05, 4.69) is 32.4 Å². The van der Waals surface area contributed by atoms with Crippen LogP contribution in [0.15, 0.2) is 30.3 Å². The highest BCUT2D eigenvalue weighted by Gasteiger charge is 2.19. The molecule has 1 aliphatic rings. The quantitative estimate of drug-likeness (QED) is 0.409. The molecule has 0 saturated carbocycles. The molecule has 1 atom stereocenters. The van der Waals surface area contributed by atoms with E-state index in [0.717, 1.165) is 43.7 Å². The van der Waals surface area contributed by atoms with E-state index < -0.39 is 0 Å². The summed E-state index contributed by atoms with van der Waals surface area (Å²) in [4.78, 5) is 11.0. The van der Waals surface area contributed by atoms with Crippen LogP contribution < -0.4 is 15.5 Å². The summed E-state index contributed by atoms with van der Waals surface area (Å²) in [6, 6.07) is 8.35. The Labute approximate surface area is 175 Å². The molecule has 1 aliphatic heterocycles. The van der Waals surface area contributed by atoms with E-state index in [0.29, 0.717) is 28.7 Å². The van der Waals surface area contributed by atoms with Crippen LogP contribution in [-0.4, -0.2) is 34.7 Å². The molecule has 1 fully saturated rings. The Morgan fingerprint density at radius 3 is 2.86 bits per heavy atom. The van der Waals surface area contributed by atoms with Crippen molar-refractivity contribution in [3.05, 3.63) is 46.9 Å². The molecular weight excluding hydrogens is 397 g/mol. The van der Waals surface area contributed by atoms with Crippen LogP contribution in [0.25, 0.3) is 0 Å². The fourth-order valence-corrected chi connectivity index (χ4v) is 3.68. The fraction of sp³-hybridized carbons (Fsp3) is 0.450. The summed E-state index contributed by atoms with van der Waals surface area (Å²) < 4.78 is 12.9. The van der Waals surface area contributed by atoms with Gasteiger partial charge < -0.3 is 15.5 Å². The van der Waals surface area contributed by atoms with Crippen molar-refractivity contribution in [2.45, 2.75) is 32.6 Å². The molecule has 2 N–H and O–H groups in total. The van der Waals surface area contributed by atoms with Crippen LogP contribution in [0.5, 0.6) is 0 Å². The van der Waals surface area contributed by atoms with Crippen LogP contribution in [0, 0.1) is 11.7 Å². The van der Waals surface area contributed by atoms with Crippen LogP contribution in [0.4, 0.5) is 16.2 Å². The SMILES string of the molecule is C[C@@H]1CCCN(c2cc(Cl)nc(NC(=S)NCCCc3ccc(F)cc3)n2)C1. The van der Waals surface area contributed by atoms with E-state index in [4.69, 9.17) is 23.8 Å². The highest BCUT2D eigenvalue weighted by atomic mass is 35.5. The molecule has 0 spiro atoms. The van der Waals surface area contributed by atoms with Crippen molar-refractivity contribution in [3.63, 3.8) is 0 Å². The van der Waals surface area contributed by atoms with Gasteiger partial charge in [0.05, 0.1) is 0 Å². The second-order valence-electron chi connectivity index (χ2n) is 7.18. The highest BCUT2D eigenvalue weighted by Crippen LogP contribution is 2.24. The van der Waals surface area contributed by atoms with Gasteiger partial charge in [-0.3, -0.25) is 0 Å². The van der Waals surface area contributed by atoms with Crippen molar-refractivity contribution >= 4 is 40.7 Å². The number of nitrogens with zero attached hydrogens (tertiary/aromatic N) is 3. The number of aryl methyl sites for hydroxylation is 1. The van der Waals surface area contributed by atoms with Gasteiger partial charge in [-0.15, -0.1) is 0 Å². The zero-order valence-electron chi connectivity index (χ0n) is 15.9. The maximum atomic E-state index is 12.9. The fourth-order valence-electron chi connectivity index (χ4n) is 3.31. The molecule has 2 aromatic rings. The van der Waals surface area contributed by atoms with Crippen molar-refractivity contribution in [1.82, 2.24) is 15.3 Å². The predicted molar refractivity (Wildman–Crippen MR) is 117 cm³/mol. The topological polar surface area (TPSA) is 53.1 Å². The molecule has 5 nitrogen and oxygen atoms in total. The summed E-state index contributed by atoms with van der Waals surface area (Å²) in [6.45, 7) is 4.89. The lowest BCUT2D eigenvalue weighted by atomic mass is 10.0. The van der Waals surface area contributed by atoms with E-state index in [1.54, 1.807) is 18.2 Å². The van der Waals surface area contributed by atoms with Gasteiger partial charge in [-0.1, -0.05) is 30.7 Å². The third kappa shape index (κ3) is 6.27. The number of rotatable bonds is 6. The first-order valence-electron chi connectivity index (χ1n) is 9.58. The van der Waals surface area contributed by atoms with E-state index >= 15 is 0 Å². The summed E-state index contributed by atoms with van der Waals surface area (Å²) in [6.07, 6.45) is 4.12. The van der Waals surface area contributed by atoms with Gasteiger partial charge in [-0.05, 0) is 61.5 Å². The maximum Gasteiger partial charge on any atom is 0.232 e. The van der Waals surface area contributed by atoms with E-state index in [9.17, 15) is 4.39 Å². The van der Waals surface area contributed by atoms with E-state index in [1.807, 2.05) is 0 Å². The van der Waals surface area contributed by atoms with Crippen molar-refractivity contribution in [1.29, 1.82) is 0 Å². The molecule has 2 heterocycles. The minimum Gasteiger partial charge on any atom is -0.362 e. The third-order valence-corrected chi connectivity index (χ3v) is 5.17. The van der Waals surface area contributed by atoms with Gasteiger partial charge in [0.1, 0.15) is 16.8 Å². The first-order chi connectivity index (χ1) is 13.5. The van der Waals surface area contributed by atoms with Gasteiger partial charge in [-0.2, -0.15) is 4.98 Å².